The predicted octanol–water partition coefficient (Wildman–Crippen LogP) is -1.01. The summed E-state index contributed by atoms with van der Waals surface area (Å²) in [5, 5.41) is 3.14. The smallest absolute Gasteiger partial charge is 0.726 e. The summed E-state index contributed by atoms with van der Waals surface area (Å²) in [5.41, 5.74) is 0. The molecule has 0 saturated heterocycles. The molecule has 7 nitrogen and oxygen atoms in total. The van der Waals surface area contributed by atoms with Crippen molar-refractivity contribution in [2.45, 2.75) is 0 Å². The van der Waals surface area contributed by atoms with E-state index in [0.717, 1.165) is 26.3 Å². The van der Waals surface area contributed by atoms with Crippen LogP contribution in [0.3, 0.4) is 0 Å². The van der Waals surface area contributed by atoms with Gasteiger partial charge in [0, 0.05) is 27.3 Å². The second kappa shape index (κ2) is 10.8. The van der Waals surface area contributed by atoms with Crippen LogP contribution < -0.4 is 5.32 Å². The molecule has 0 fully saturated rings. The summed E-state index contributed by atoms with van der Waals surface area (Å²) in [6.07, 6.45) is 0. The largest absolute Gasteiger partial charge is 1.00 e. The zero-order valence-electron chi connectivity index (χ0n) is 9.23. The minimum Gasteiger partial charge on any atom is -0.726 e. The molecule has 0 aliphatic rings. The average molecular weight is 231 g/mol. The van der Waals surface area contributed by atoms with E-state index in [0.29, 0.717) is 0 Å². The second-order valence-corrected chi connectivity index (χ2v) is 3.02. The molecule has 0 amide bonds. The summed E-state index contributed by atoms with van der Waals surface area (Å²) in [7, 11) is -1.53. The Kier molecular flexibility index (Phi) is 12.5. The maximum atomic E-state index is 8.63. The van der Waals surface area contributed by atoms with Crippen molar-refractivity contribution < 1.29 is 28.4 Å². The third-order valence-electron chi connectivity index (χ3n) is 0.966. The number of hydrogen-bond acceptors (Lipinski definition) is 6. The summed E-state index contributed by atoms with van der Waals surface area (Å²) in [4.78, 5) is 0. The van der Waals surface area contributed by atoms with Crippen LogP contribution in [0.5, 0.6) is 0 Å². The Hall–Kier alpha value is -0.250. The van der Waals surface area contributed by atoms with Gasteiger partial charge in [-0.3, -0.25) is 4.55 Å². The highest BCUT2D eigenvalue weighted by atomic mass is 32.3. The molecule has 0 radical (unpaired) electrons. The van der Waals surface area contributed by atoms with Gasteiger partial charge < -0.3 is 19.3 Å². The van der Waals surface area contributed by atoms with Gasteiger partial charge >= 0.3 is 1.43 Å². The highest BCUT2D eigenvalue weighted by Crippen LogP contribution is 1.65. The van der Waals surface area contributed by atoms with Crippen molar-refractivity contribution in [2.75, 3.05) is 40.5 Å². The van der Waals surface area contributed by atoms with E-state index in [1.165, 1.54) is 0 Å². The van der Waals surface area contributed by atoms with E-state index >= 15 is 0 Å². The SMILES string of the molecule is COCCNCCOC.O=S(=O)([O-])O.[H+]. The van der Waals surface area contributed by atoms with Gasteiger partial charge in [0.2, 0.25) is 10.4 Å². The standard InChI is InChI=1S/C6H15NO2.H2O4S/c1-8-5-3-7-4-6-9-2;1-5(2,3)4/h7H,3-6H2,1-2H3;(H2,1,2,3,4). The molecule has 0 bridgehead atoms. The fraction of sp³-hybridized carbons (Fsp3) is 1.00. The monoisotopic (exact) mass is 231 g/mol. The van der Waals surface area contributed by atoms with Crippen LogP contribution in [0.2, 0.25) is 0 Å². The average Bonchev–Trinajstić information content (AvgIpc) is 2.01. The Morgan fingerprint density at radius 1 is 1.29 bits per heavy atom. The molecule has 0 spiro atoms. The lowest BCUT2D eigenvalue weighted by Crippen LogP contribution is -2.23. The maximum Gasteiger partial charge on any atom is 1.00 e. The summed E-state index contributed by atoms with van der Waals surface area (Å²) >= 11 is 0. The fourth-order valence-electron chi connectivity index (χ4n) is 0.473. The van der Waals surface area contributed by atoms with Crippen LogP contribution in [0.1, 0.15) is 1.43 Å². The van der Waals surface area contributed by atoms with E-state index in [1.54, 1.807) is 14.2 Å². The topological polar surface area (TPSA) is 108 Å². The molecule has 0 unspecified atom stereocenters. The molecule has 8 heteroatoms. The van der Waals surface area contributed by atoms with Crippen LogP contribution in [-0.4, -0.2) is 58.0 Å². The highest BCUT2D eigenvalue weighted by molar-refractivity contribution is 7.79. The van der Waals surface area contributed by atoms with E-state index in [-0.39, 0.29) is 1.43 Å². The molecular weight excluding hydrogens is 214 g/mol. The minimum absolute atomic E-state index is 0. The molecule has 0 atom stereocenters. The Bertz CT molecular complexity index is 184. The van der Waals surface area contributed by atoms with Crippen LogP contribution >= 0.6 is 0 Å². The molecule has 0 aliphatic heterocycles. The molecule has 0 aliphatic carbocycles. The number of ether oxygens (including phenoxy) is 2. The Morgan fingerprint density at radius 2 is 1.57 bits per heavy atom. The zero-order valence-corrected chi connectivity index (χ0v) is 9.04. The van der Waals surface area contributed by atoms with Crippen molar-refractivity contribution in [1.82, 2.24) is 5.32 Å². The quantitative estimate of drug-likeness (QED) is 0.342. The lowest BCUT2D eigenvalue weighted by molar-refractivity contribution is 0.180. The van der Waals surface area contributed by atoms with Gasteiger partial charge in [0.1, 0.15) is 0 Å². The summed E-state index contributed by atoms with van der Waals surface area (Å²) < 4.78 is 42.5. The number of hydrogen-bond donors (Lipinski definition) is 2. The van der Waals surface area contributed by atoms with Crippen molar-refractivity contribution in [2.24, 2.45) is 0 Å². The van der Waals surface area contributed by atoms with E-state index in [4.69, 9.17) is 27.0 Å². The van der Waals surface area contributed by atoms with Gasteiger partial charge in [0.15, 0.2) is 0 Å². The molecule has 0 heterocycles. The van der Waals surface area contributed by atoms with E-state index in [9.17, 15) is 0 Å². The van der Waals surface area contributed by atoms with Crippen molar-refractivity contribution >= 4 is 10.4 Å². The normalized spacial score (nSPS) is 10.6. The van der Waals surface area contributed by atoms with E-state index < -0.39 is 10.4 Å². The van der Waals surface area contributed by atoms with Gasteiger partial charge in [-0.1, -0.05) is 0 Å². The molecule has 88 valence electrons. The molecule has 0 aromatic rings. The molecular formula is C6H17NO6S. The molecule has 0 aromatic heterocycles. The minimum atomic E-state index is -4.92. The summed E-state index contributed by atoms with van der Waals surface area (Å²) in [6.45, 7) is 3.34. The number of rotatable bonds is 6. The van der Waals surface area contributed by atoms with Crippen LogP contribution in [-0.2, 0) is 19.9 Å². The first-order valence-corrected chi connectivity index (χ1v) is 5.15. The predicted molar refractivity (Wildman–Crippen MR) is 50.1 cm³/mol. The Labute approximate surface area is 85.5 Å². The molecule has 2 N–H and O–H groups in total. The lowest BCUT2D eigenvalue weighted by atomic mass is 10.6. The van der Waals surface area contributed by atoms with Crippen LogP contribution in [0.4, 0.5) is 0 Å². The van der Waals surface area contributed by atoms with Gasteiger partial charge in [0.05, 0.1) is 13.2 Å². The third kappa shape index (κ3) is 41.1. The molecule has 0 saturated carbocycles. The molecule has 0 rings (SSSR count). The summed E-state index contributed by atoms with van der Waals surface area (Å²) in [5.74, 6) is 0. The third-order valence-corrected chi connectivity index (χ3v) is 0.966. The molecule has 14 heavy (non-hydrogen) atoms. The lowest BCUT2D eigenvalue weighted by Gasteiger charge is -2.01. The highest BCUT2D eigenvalue weighted by Gasteiger charge is 1.83. The van der Waals surface area contributed by atoms with Gasteiger partial charge in [0.25, 0.3) is 0 Å². The maximum absolute atomic E-state index is 8.63. The van der Waals surface area contributed by atoms with Gasteiger partial charge in [-0.05, 0) is 0 Å². The van der Waals surface area contributed by atoms with Crippen LogP contribution in [0.15, 0.2) is 0 Å². The fourth-order valence-corrected chi connectivity index (χ4v) is 0.473. The summed E-state index contributed by atoms with van der Waals surface area (Å²) in [6, 6.07) is 0. The Morgan fingerprint density at radius 3 is 1.79 bits per heavy atom. The first-order chi connectivity index (χ1) is 6.41. The second-order valence-electron chi connectivity index (χ2n) is 2.16. The zero-order chi connectivity index (χ0) is 11.4. The van der Waals surface area contributed by atoms with Crippen molar-refractivity contribution in [3.05, 3.63) is 0 Å². The van der Waals surface area contributed by atoms with E-state index in [2.05, 4.69) is 5.32 Å². The van der Waals surface area contributed by atoms with E-state index in [1.807, 2.05) is 0 Å². The van der Waals surface area contributed by atoms with Crippen LogP contribution in [0.25, 0.3) is 0 Å². The van der Waals surface area contributed by atoms with Crippen molar-refractivity contribution in [3.63, 3.8) is 0 Å². The number of nitrogens with one attached hydrogen (secondary N) is 1. The van der Waals surface area contributed by atoms with Crippen LogP contribution in [0, 0.1) is 0 Å². The van der Waals surface area contributed by atoms with Gasteiger partial charge in [-0.25, -0.2) is 8.42 Å². The molecule has 0 aromatic carbocycles. The van der Waals surface area contributed by atoms with Gasteiger partial charge in [-0.15, -0.1) is 0 Å². The first kappa shape index (κ1) is 16.2. The Balaban J connectivity index is -0.000000208. The first-order valence-electron chi connectivity index (χ1n) is 3.78. The number of methoxy groups -OCH3 is 2. The van der Waals surface area contributed by atoms with Crippen molar-refractivity contribution in [1.29, 1.82) is 0 Å². The van der Waals surface area contributed by atoms with Gasteiger partial charge in [-0.2, -0.15) is 0 Å². The van der Waals surface area contributed by atoms with Crippen molar-refractivity contribution in [3.8, 4) is 0 Å².